The van der Waals surface area contributed by atoms with Crippen molar-refractivity contribution in [3.8, 4) is 5.69 Å². The summed E-state index contributed by atoms with van der Waals surface area (Å²) in [5.41, 5.74) is 1.99. The van der Waals surface area contributed by atoms with E-state index < -0.39 is 0 Å². The minimum atomic E-state index is -0.341. The third-order valence-corrected chi connectivity index (χ3v) is 6.85. The Morgan fingerprint density at radius 3 is 2.52 bits per heavy atom. The van der Waals surface area contributed by atoms with Crippen molar-refractivity contribution >= 4 is 17.7 Å². The summed E-state index contributed by atoms with van der Waals surface area (Å²) in [5, 5.41) is 12.2. The molecule has 1 aliphatic heterocycles. The standard InChI is InChI=1S/C25H30FN5OS/c1-19(24(32)27-15-14-20-8-4-2-5-9-20)33-25-29-28-23(18-30-16-6-3-7-17-30)31(25)22-12-10-21(26)11-13-22/h2,4-5,8-13,19H,3,6-7,14-18H2,1H3,(H,27,32). The summed E-state index contributed by atoms with van der Waals surface area (Å²) in [5.74, 6) is 0.481. The van der Waals surface area contributed by atoms with Crippen LogP contribution in [0.1, 0.15) is 37.6 Å². The van der Waals surface area contributed by atoms with E-state index in [0.29, 0.717) is 18.2 Å². The van der Waals surface area contributed by atoms with Gasteiger partial charge in [-0.15, -0.1) is 10.2 Å². The molecule has 174 valence electrons. The van der Waals surface area contributed by atoms with Crippen LogP contribution in [0.15, 0.2) is 59.8 Å². The lowest BCUT2D eigenvalue weighted by molar-refractivity contribution is -0.120. The van der Waals surface area contributed by atoms with Gasteiger partial charge in [-0.05, 0) is 69.1 Å². The van der Waals surface area contributed by atoms with E-state index in [-0.39, 0.29) is 17.0 Å². The highest BCUT2D eigenvalue weighted by Gasteiger charge is 2.22. The Morgan fingerprint density at radius 1 is 1.06 bits per heavy atom. The maximum Gasteiger partial charge on any atom is 0.233 e. The van der Waals surface area contributed by atoms with E-state index in [9.17, 15) is 9.18 Å². The molecule has 33 heavy (non-hydrogen) atoms. The first-order valence-corrected chi connectivity index (χ1v) is 12.4. The number of likely N-dealkylation sites (tertiary alicyclic amines) is 1. The van der Waals surface area contributed by atoms with Gasteiger partial charge >= 0.3 is 0 Å². The molecule has 0 bridgehead atoms. The fraction of sp³-hybridized carbons (Fsp3) is 0.400. The molecule has 2 heterocycles. The number of amides is 1. The van der Waals surface area contributed by atoms with Gasteiger partial charge in [-0.1, -0.05) is 48.5 Å². The van der Waals surface area contributed by atoms with Crippen molar-refractivity contribution in [2.75, 3.05) is 19.6 Å². The van der Waals surface area contributed by atoms with Crippen molar-refractivity contribution in [2.24, 2.45) is 0 Å². The molecule has 1 amide bonds. The molecule has 0 aliphatic carbocycles. The monoisotopic (exact) mass is 467 g/mol. The number of thioether (sulfide) groups is 1. The molecule has 0 spiro atoms. The molecule has 1 atom stereocenters. The lowest BCUT2D eigenvalue weighted by Crippen LogP contribution is -2.32. The van der Waals surface area contributed by atoms with E-state index in [4.69, 9.17) is 0 Å². The maximum atomic E-state index is 13.6. The van der Waals surface area contributed by atoms with Gasteiger partial charge in [0.25, 0.3) is 0 Å². The topological polar surface area (TPSA) is 63.1 Å². The van der Waals surface area contributed by atoms with E-state index in [0.717, 1.165) is 31.0 Å². The van der Waals surface area contributed by atoms with Gasteiger partial charge in [0, 0.05) is 12.2 Å². The summed E-state index contributed by atoms with van der Waals surface area (Å²) in [6.07, 6.45) is 4.42. The molecule has 0 radical (unpaired) electrons. The van der Waals surface area contributed by atoms with Crippen LogP contribution in [0.4, 0.5) is 4.39 Å². The van der Waals surface area contributed by atoms with Crippen molar-refractivity contribution < 1.29 is 9.18 Å². The Morgan fingerprint density at radius 2 is 1.79 bits per heavy atom. The highest BCUT2D eigenvalue weighted by atomic mass is 32.2. The van der Waals surface area contributed by atoms with E-state index in [1.807, 2.05) is 29.7 Å². The molecule has 1 N–H and O–H groups in total. The first-order valence-electron chi connectivity index (χ1n) is 11.5. The molecule has 1 aliphatic rings. The summed E-state index contributed by atoms with van der Waals surface area (Å²) >= 11 is 1.37. The van der Waals surface area contributed by atoms with Crippen LogP contribution in [0.25, 0.3) is 5.69 Å². The highest BCUT2D eigenvalue weighted by Crippen LogP contribution is 2.27. The number of nitrogens with zero attached hydrogens (tertiary/aromatic N) is 4. The lowest BCUT2D eigenvalue weighted by Gasteiger charge is -2.26. The summed E-state index contributed by atoms with van der Waals surface area (Å²) in [7, 11) is 0. The minimum absolute atomic E-state index is 0.0397. The average molecular weight is 468 g/mol. The highest BCUT2D eigenvalue weighted by molar-refractivity contribution is 8.00. The Bertz CT molecular complexity index is 1030. The number of piperidine rings is 1. The van der Waals surface area contributed by atoms with Gasteiger partial charge in [0.05, 0.1) is 11.8 Å². The largest absolute Gasteiger partial charge is 0.355 e. The van der Waals surface area contributed by atoms with Gasteiger partial charge in [-0.25, -0.2) is 4.39 Å². The Kier molecular flexibility index (Phi) is 8.12. The number of hydrogen-bond acceptors (Lipinski definition) is 5. The quantitative estimate of drug-likeness (QED) is 0.477. The van der Waals surface area contributed by atoms with E-state index in [1.165, 1.54) is 48.7 Å². The number of halogens is 1. The number of carbonyl (C=O) groups is 1. The third-order valence-electron chi connectivity index (χ3n) is 5.81. The predicted molar refractivity (Wildman–Crippen MR) is 129 cm³/mol. The van der Waals surface area contributed by atoms with Crippen molar-refractivity contribution in [2.45, 2.75) is 49.6 Å². The van der Waals surface area contributed by atoms with Crippen LogP contribution in [0.5, 0.6) is 0 Å². The van der Waals surface area contributed by atoms with Gasteiger partial charge in [-0.2, -0.15) is 0 Å². The molecule has 0 saturated carbocycles. The average Bonchev–Trinajstić information content (AvgIpc) is 3.22. The summed E-state index contributed by atoms with van der Waals surface area (Å²) in [4.78, 5) is 15.1. The molecule has 3 aromatic rings. The van der Waals surface area contributed by atoms with Crippen LogP contribution in [-0.4, -0.2) is 50.5 Å². The Balaban J connectivity index is 1.45. The molecule has 8 heteroatoms. The number of hydrogen-bond donors (Lipinski definition) is 1. The van der Waals surface area contributed by atoms with Crippen molar-refractivity contribution in [1.82, 2.24) is 25.0 Å². The third kappa shape index (κ3) is 6.42. The van der Waals surface area contributed by atoms with E-state index in [1.54, 1.807) is 12.1 Å². The van der Waals surface area contributed by atoms with Crippen LogP contribution < -0.4 is 5.32 Å². The molecule has 6 nitrogen and oxygen atoms in total. The zero-order chi connectivity index (χ0) is 23.0. The number of benzene rings is 2. The van der Waals surface area contributed by atoms with E-state index >= 15 is 0 Å². The van der Waals surface area contributed by atoms with Gasteiger partial charge in [0.2, 0.25) is 5.91 Å². The molecule has 1 aromatic heterocycles. The lowest BCUT2D eigenvalue weighted by atomic mass is 10.1. The zero-order valence-corrected chi connectivity index (χ0v) is 19.7. The summed E-state index contributed by atoms with van der Waals surface area (Å²) in [6.45, 7) is 5.22. The van der Waals surface area contributed by atoms with Crippen molar-refractivity contribution in [3.63, 3.8) is 0 Å². The molecule has 1 saturated heterocycles. The number of rotatable bonds is 9. The van der Waals surface area contributed by atoms with Crippen LogP contribution in [0.3, 0.4) is 0 Å². The fourth-order valence-electron chi connectivity index (χ4n) is 3.98. The maximum absolute atomic E-state index is 13.6. The van der Waals surface area contributed by atoms with Crippen molar-refractivity contribution in [3.05, 3.63) is 71.8 Å². The number of carbonyl (C=O) groups excluding carboxylic acids is 1. The van der Waals surface area contributed by atoms with Crippen molar-refractivity contribution in [1.29, 1.82) is 0 Å². The van der Waals surface area contributed by atoms with Crippen LogP contribution in [-0.2, 0) is 17.8 Å². The minimum Gasteiger partial charge on any atom is -0.355 e. The van der Waals surface area contributed by atoms with Crippen LogP contribution >= 0.6 is 11.8 Å². The SMILES string of the molecule is CC(Sc1nnc(CN2CCCCC2)n1-c1ccc(F)cc1)C(=O)NCCc1ccccc1. The second kappa shape index (κ2) is 11.4. The summed E-state index contributed by atoms with van der Waals surface area (Å²) in [6, 6.07) is 16.4. The van der Waals surface area contributed by atoms with Gasteiger partial charge in [-0.3, -0.25) is 14.3 Å². The predicted octanol–water partition coefficient (Wildman–Crippen LogP) is 4.23. The summed E-state index contributed by atoms with van der Waals surface area (Å²) < 4.78 is 15.5. The first-order chi connectivity index (χ1) is 16.1. The number of aromatic nitrogens is 3. The first kappa shape index (κ1) is 23.4. The zero-order valence-electron chi connectivity index (χ0n) is 18.9. The number of nitrogens with one attached hydrogen (secondary N) is 1. The fourth-order valence-corrected chi connectivity index (χ4v) is 4.89. The molecule has 4 rings (SSSR count). The molecule has 1 unspecified atom stereocenters. The second-order valence-corrected chi connectivity index (χ2v) is 9.64. The smallest absolute Gasteiger partial charge is 0.233 e. The Hall–Kier alpha value is -2.71. The van der Waals surface area contributed by atoms with Gasteiger partial charge in [0.1, 0.15) is 5.82 Å². The van der Waals surface area contributed by atoms with Gasteiger partial charge in [0.15, 0.2) is 11.0 Å². The van der Waals surface area contributed by atoms with Gasteiger partial charge < -0.3 is 5.32 Å². The molecule has 2 aromatic carbocycles. The normalized spacial score (nSPS) is 15.3. The second-order valence-electron chi connectivity index (χ2n) is 8.33. The van der Waals surface area contributed by atoms with Crippen LogP contribution in [0.2, 0.25) is 0 Å². The van der Waals surface area contributed by atoms with Crippen LogP contribution in [0, 0.1) is 5.82 Å². The van der Waals surface area contributed by atoms with E-state index in [2.05, 4.69) is 32.5 Å². The molecular weight excluding hydrogens is 437 g/mol. The molecule has 1 fully saturated rings. The molecular formula is C25H30FN5OS. The Labute approximate surface area is 198 Å².